The number of rotatable bonds is 2. The van der Waals surface area contributed by atoms with Crippen molar-refractivity contribution in [2.75, 3.05) is 11.9 Å². The third-order valence-electron chi connectivity index (χ3n) is 3.00. The van der Waals surface area contributed by atoms with Gasteiger partial charge in [-0.15, -0.1) is 0 Å². The molecule has 1 amide bonds. The molecule has 1 saturated heterocycles. The summed E-state index contributed by atoms with van der Waals surface area (Å²) in [4.78, 5) is 12.1. The van der Waals surface area contributed by atoms with Crippen molar-refractivity contribution in [1.29, 1.82) is 0 Å². The van der Waals surface area contributed by atoms with Gasteiger partial charge in [-0.1, -0.05) is 11.6 Å². The SMILES string of the molecule is O=C(Nc1c(Cl)ccc2nsnc12)C1CCCN1. The van der Waals surface area contributed by atoms with Crippen LogP contribution >= 0.6 is 23.3 Å². The minimum atomic E-state index is -0.136. The van der Waals surface area contributed by atoms with Crippen molar-refractivity contribution in [3.63, 3.8) is 0 Å². The van der Waals surface area contributed by atoms with Crippen molar-refractivity contribution in [1.82, 2.24) is 14.1 Å². The first-order chi connectivity index (χ1) is 8.75. The van der Waals surface area contributed by atoms with E-state index in [4.69, 9.17) is 11.6 Å². The van der Waals surface area contributed by atoms with Crippen molar-refractivity contribution < 1.29 is 4.79 Å². The number of amides is 1. The van der Waals surface area contributed by atoms with Crippen molar-refractivity contribution >= 4 is 46.0 Å². The standard InChI is InChI=1S/C11H11ClN4OS/c12-6-3-4-7-10(16-18-15-7)9(6)14-11(17)8-2-1-5-13-8/h3-4,8,13H,1-2,5H2,(H,14,17). The second-order valence-corrected chi connectivity index (χ2v) is 5.13. The van der Waals surface area contributed by atoms with Gasteiger partial charge in [0.25, 0.3) is 0 Å². The fourth-order valence-electron chi connectivity index (χ4n) is 2.06. The molecule has 1 aromatic carbocycles. The Hall–Kier alpha value is -1.24. The monoisotopic (exact) mass is 282 g/mol. The van der Waals surface area contributed by atoms with E-state index in [9.17, 15) is 4.79 Å². The van der Waals surface area contributed by atoms with Gasteiger partial charge in [0.15, 0.2) is 0 Å². The largest absolute Gasteiger partial charge is 0.322 e. The number of nitrogens with zero attached hydrogens (tertiary/aromatic N) is 2. The Labute approximate surface area is 113 Å². The Kier molecular flexibility index (Phi) is 3.15. The molecule has 1 atom stereocenters. The van der Waals surface area contributed by atoms with Crippen LogP contribution in [0, 0.1) is 0 Å². The van der Waals surface area contributed by atoms with Gasteiger partial charge in [-0.05, 0) is 31.5 Å². The van der Waals surface area contributed by atoms with E-state index in [1.807, 2.05) is 0 Å². The highest BCUT2D eigenvalue weighted by molar-refractivity contribution is 7.00. The minimum Gasteiger partial charge on any atom is -0.322 e. The van der Waals surface area contributed by atoms with E-state index >= 15 is 0 Å². The molecule has 2 N–H and O–H groups in total. The number of anilines is 1. The molecule has 2 aromatic rings. The van der Waals surface area contributed by atoms with Gasteiger partial charge in [0, 0.05) is 0 Å². The molecule has 94 valence electrons. The number of benzene rings is 1. The summed E-state index contributed by atoms with van der Waals surface area (Å²) < 4.78 is 8.30. The topological polar surface area (TPSA) is 66.9 Å². The molecule has 5 nitrogen and oxygen atoms in total. The molecule has 0 saturated carbocycles. The van der Waals surface area contributed by atoms with Crippen LogP contribution in [0.5, 0.6) is 0 Å². The zero-order valence-corrected chi connectivity index (χ0v) is 11.0. The number of hydrogen-bond acceptors (Lipinski definition) is 5. The van der Waals surface area contributed by atoms with Crippen molar-refractivity contribution in [3.05, 3.63) is 17.2 Å². The van der Waals surface area contributed by atoms with Gasteiger partial charge in [-0.25, -0.2) is 0 Å². The molecule has 2 heterocycles. The first kappa shape index (κ1) is 11.8. The molecule has 0 bridgehead atoms. The molecular weight excluding hydrogens is 272 g/mol. The van der Waals surface area contributed by atoms with Crippen molar-refractivity contribution in [2.24, 2.45) is 0 Å². The molecule has 1 aliphatic heterocycles. The average Bonchev–Trinajstić information content (AvgIpc) is 3.02. The van der Waals surface area contributed by atoms with Gasteiger partial charge < -0.3 is 10.6 Å². The van der Waals surface area contributed by atoms with Crippen LogP contribution in [0.4, 0.5) is 5.69 Å². The predicted molar refractivity (Wildman–Crippen MR) is 72.1 cm³/mol. The van der Waals surface area contributed by atoms with Crippen LogP contribution in [0.1, 0.15) is 12.8 Å². The van der Waals surface area contributed by atoms with Crippen LogP contribution in [-0.2, 0) is 4.79 Å². The lowest BCUT2D eigenvalue weighted by Gasteiger charge is -2.12. The number of fused-ring (bicyclic) bond motifs is 1. The second kappa shape index (κ2) is 4.79. The Morgan fingerprint density at radius 3 is 3.17 bits per heavy atom. The van der Waals surface area contributed by atoms with Gasteiger partial charge >= 0.3 is 0 Å². The van der Waals surface area contributed by atoms with Crippen LogP contribution < -0.4 is 10.6 Å². The molecule has 0 radical (unpaired) electrons. The lowest BCUT2D eigenvalue weighted by molar-refractivity contribution is -0.117. The summed E-state index contributed by atoms with van der Waals surface area (Å²) in [6, 6.07) is 3.39. The first-order valence-electron chi connectivity index (χ1n) is 5.71. The second-order valence-electron chi connectivity index (χ2n) is 4.19. The zero-order valence-electron chi connectivity index (χ0n) is 9.44. The Balaban J connectivity index is 1.91. The summed E-state index contributed by atoms with van der Waals surface area (Å²) in [7, 11) is 0. The fourth-order valence-corrected chi connectivity index (χ4v) is 2.81. The first-order valence-corrected chi connectivity index (χ1v) is 6.81. The van der Waals surface area contributed by atoms with E-state index in [0.29, 0.717) is 16.2 Å². The molecule has 1 unspecified atom stereocenters. The smallest absolute Gasteiger partial charge is 0.241 e. The average molecular weight is 283 g/mol. The molecular formula is C11H11ClN4OS. The Morgan fingerprint density at radius 1 is 1.50 bits per heavy atom. The molecule has 1 aliphatic rings. The summed E-state index contributed by atoms with van der Waals surface area (Å²) in [6.45, 7) is 0.883. The van der Waals surface area contributed by atoms with Gasteiger partial charge in [0.05, 0.1) is 28.5 Å². The molecule has 1 fully saturated rings. The highest BCUT2D eigenvalue weighted by Gasteiger charge is 2.23. The molecule has 0 spiro atoms. The Bertz CT molecular complexity index is 594. The quantitative estimate of drug-likeness (QED) is 0.884. The van der Waals surface area contributed by atoms with Crippen molar-refractivity contribution in [3.8, 4) is 0 Å². The van der Waals surface area contributed by atoms with E-state index in [1.54, 1.807) is 12.1 Å². The maximum Gasteiger partial charge on any atom is 0.241 e. The molecule has 3 rings (SSSR count). The number of hydrogen-bond donors (Lipinski definition) is 2. The van der Waals surface area contributed by atoms with Crippen LogP contribution in [-0.4, -0.2) is 27.2 Å². The van der Waals surface area contributed by atoms with Crippen molar-refractivity contribution in [2.45, 2.75) is 18.9 Å². The van der Waals surface area contributed by atoms with Crippen LogP contribution in [0.15, 0.2) is 12.1 Å². The molecule has 0 aliphatic carbocycles. The van der Waals surface area contributed by atoms with E-state index in [2.05, 4.69) is 19.4 Å². The van der Waals surface area contributed by atoms with Gasteiger partial charge in [0.2, 0.25) is 5.91 Å². The van der Waals surface area contributed by atoms with Crippen LogP contribution in [0.3, 0.4) is 0 Å². The number of aromatic nitrogens is 2. The molecule has 18 heavy (non-hydrogen) atoms. The highest BCUT2D eigenvalue weighted by Crippen LogP contribution is 2.30. The maximum atomic E-state index is 12.1. The highest BCUT2D eigenvalue weighted by atomic mass is 35.5. The third-order valence-corrected chi connectivity index (χ3v) is 3.86. The van der Waals surface area contributed by atoms with E-state index in [0.717, 1.165) is 36.6 Å². The Morgan fingerprint density at radius 2 is 2.39 bits per heavy atom. The molecule has 1 aromatic heterocycles. The minimum absolute atomic E-state index is 0.0603. The predicted octanol–water partition coefficient (Wildman–Crippen LogP) is 2.04. The summed E-state index contributed by atoms with van der Waals surface area (Å²) in [5.41, 5.74) is 1.96. The normalized spacial score (nSPS) is 19.3. The fraction of sp³-hybridized carbons (Fsp3) is 0.364. The van der Waals surface area contributed by atoms with Gasteiger partial charge in [-0.3, -0.25) is 4.79 Å². The number of halogens is 1. The number of carbonyl (C=O) groups excluding carboxylic acids is 1. The summed E-state index contributed by atoms with van der Waals surface area (Å²) in [5, 5.41) is 6.49. The van der Waals surface area contributed by atoms with Gasteiger partial charge in [-0.2, -0.15) is 8.75 Å². The zero-order chi connectivity index (χ0) is 12.5. The van der Waals surface area contributed by atoms with E-state index in [1.165, 1.54) is 0 Å². The number of nitrogens with one attached hydrogen (secondary N) is 2. The van der Waals surface area contributed by atoms with E-state index in [-0.39, 0.29) is 11.9 Å². The van der Waals surface area contributed by atoms with Gasteiger partial charge in [0.1, 0.15) is 11.0 Å². The number of carbonyl (C=O) groups is 1. The summed E-state index contributed by atoms with van der Waals surface area (Å²) >= 11 is 7.22. The maximum absolute atomic E-state index is 12.1. The van der Waals surface area contributed by atoms with E-state index < -0.39 is 0 Å². The summed E-state index contributed by atoms with van der Waals surface area (Å²) in [5.74, 6) is -0.0603. The lowest BCUT2D eigenvalue weighted by atomic mass is 10.2. The third kappa shape index (κ3) is 2.07. The van der Waals surface area contributed by atoms with Crippen LogP contribution in [0.25, 0.3) is 11.0 Å². The van der Waals surface area contributed by atoms with Crippen LogP contribution in [0.2, 0.25) is 5.02 Å². The summed E-state index contributed by atoms with van der Waals surface area (Å²) in [6.07, 6.45) is 1.88. The molecule has 7 heteroatoms. The lowest BCUT2D eigenvalue weighted by Crippen LogP contribution is -2.35.